The molecule has 1 saturated heterocycles. The molecule has 1 aliphatic rings. The summed E-state index contributed by atoms with van der Waals surface area (Å²) in [5.41, 5.74) is 0.526. The highest BCUT2D eigenvalue weighted by molar-refractivity contribution is 6.31. The van der Waals surface area contributed by atoms with E-state index < -0.39 is 88.7 Å². The lowest BCUT2D eigenvalue weighted by Gasteiger charge is -2.45. The highest BCUT2D eigenvalue weighted by Crippen LogP contribution is 2.39. The van der Waals surface area contributed by atoms with Crippen LogP contribution in [0.1, 0.15) is 39.3 Å². The largest absolute Gasteiger partial charge is 0.463 e. The van der Waals surface area contributed by atoms with E-state index >= 15 is 0 Å². The van der Waals surface area contributed by atoms with Crippen molar-refractivity contribution in [2.24, 2.45) is 0 Å². The summed E-state index contributed by atoms with van der Waals surface area (Å²) in [6, 6.07) is 8.54. The molecular weight excluding hydrogens is 458 g/mol. The molecule has 11 heteroatoms. The maximum absolute atomic E-state index is 12.3. The van der Waals surface area contributed by atoms with E-state index in [9.17, 15) is 19.2 Å². The van der Waals surface area contributed by atoms with Crippen LogP contribution in [0.5, 0.6) is 0 Å². The number of ether oxygens (including phenoxy) is 5. The first-order valence-electron chi connectivity index (χ1n) is 12.4. The molecule has 2 aromatic rings. The monoisotopic (exact) mass is 485 g/mol. The summed E-state index contributed by atoms with van der Waals surface area (Å²) >= 11 is 6.51. The molecule has 1 aromatic carbocycles. The molecule has 178 valence electrons. The van der Waals surface area contributed by atoms with E-state index in [1.54, 1.807) is 30.3 Å². The smallest absolute Gasteiger partial charge is 0.303 e. The van der Waals surface area contributed by atoms with Gasteiger partial charge in [0.05, 0.1) is 5.52 Å². The van der Waals surface area contributed by atoms with Crippen LogP contribution < -0.4 is 0 Å². The van der Waals surface area contributed by atoms with Crippen LogP contribution in [0.3, 0.4) is 0 Å². The topological polar surface area (TPSA) is 119 Å². The third-order valence-electron chi connectivity index (χ3n) is 4.78. The summed E-state index contributed by atoms with van der Waals surface area (Å²) in [5.74, 6) is -4.05. The molecular formula is C22H24ClNO9. The molecule has 0 N–H and O–H groups in total. The van der Waals surface area contributed by atoms with Gasteiger partial charge in [0.2, 0.25) is 0 Å². The maximum atomic E-state index is 12.3. The van der Waals surface area contributed by atoms with Gasteiger partial charge in [-0.05, 0) is 12.1 Å². The fourth-order valence-corrected chi connectivity index (χ4v) is 3.97. The number of esters is 4. The molecule has 0 radical (unpaired) electrons. The number of fused-ring (bicyclic) bond motifs is 1. The molecule has 1 aliphatic heterocycles. The van der Waals surface area contributed by atoms with Crippen molar-refractivity contribution >= 4 is 46.4 Å². The summed E-state index contributed by atoms with van der Waals surface area (Å²) in [5, 5.41) is 0.813. The number of nitrogens with zero attached hydrogens (tertiary/aromatic N) is 1. The number of aromatic nitrogens is 1. The quantitative estimate of drug-likeness (QED) is 0.449. The second kappa shape index (κ2) is 10.2. The van der Waals surface area contributed by atoms with E-state index in [-0.39, 0.29) is 5.15 Å². The zero-order valence-corrected chi connectivity index (χ0v) is 18.1. The number of hydrogen-bond donors (Lipinski definition) is 0. The lowest BCUT2D eigenvalue weighted by atomic mass is 9.97. The van der Waals surface area contributed by atoms with Crippen LogP contribution in [0, 0.1) is 0 Å². The maximum Gasteiger partial charge on any atom is 0.303 e. The zero-order chi connectivity index (χ0) is 27.1. The van der Waals surface area contributed by atoms with Crippen molar-refractivity contribution in [3.05, 3.63) is 35.5 Å². The third-order valence-corrected chi connectivity index (χ3v) is 5.07. The van der Waals surface area contributed by atoms with Crippen LogP contribution in [0.25, 0.3) is 10.9 Å². The number of hydrogen-bond acceptors (Lipinski definition) is 9. The van der Waals surface area contributed by atoms with Crippen molar-refractivity contribution in [1.82, 2.24) is 4.57 Å². The zero-order valence-electron chi connectivity index (χ0n) is 21.3. The Labute approximate surface area is 200 Å². The first-order chi connectivity index (χ1) is 17.7. The van der Waals surface area contributed by atoms with Gasteiger partial charge in [0.25, 0.3) is 0 Å². The number of carbonyl (C=O) groups is 4. The fourth-order valence-electron chi connectivity index (χ4n) is 3.67. The molecule has 10 nitrogen and oxygen atoms in total. The molecule has 0 amide bonds. The fraction of sp³-hybridized carbons (Fsp3) is 0.455. The standard InChI is InChI=1S/C22H24ClNO9/c1-11(25)29-10-17-19(30-12(2)26)20(31-13(3)27)21(32-14(4)28)22(33-17)24-16-8-6-5-7-15(16)9-18(24)23/h5-9,17,19-22H,10H2,1-4H3/t17-,19-,20+,21-,22?/m1/s1/i1D,2D,3D,4D. The van der Waals surface area contributed by atoms with Gasteiger partial charge >= 0.3 is 23.9 Å². The van der Waals surface area contributed by atoms with Crippen molar-refractivity contribution in [3.8, 4) is 0 Å². The second-order valence-corrected chi connectivity index (χ2v) is 7.39. The average Bonchev–Trinajstić information content (AvgIpc) is 3.24. The van der Waals surface area contributed by atoms with Gasteiger partial charge in [-0.25, -0.2) is 0 Å². The van der Waals surface area contributed by atoms with Gasteiger partial charge in [-0.15, -0.1) is 0 Å². The molecule has 0 bridgehead atoms. The summed E-state index contributed by atoms with van der Waals surface area (Å²) in [7, 11) is 0. The minimum absolute atomic E-state index is 0.132. The van der Waals surface area contributed by atoms with Crippen molar-refractivity contribution in [1.29, 1.82) is 0 Å². The van der Waals surface area contributed by atoms with Gasteiger partial charge in [0, 0.05) is 38.5 Å². The second-order valence-electron chi connectivity index (χ2n) is 7.01. The van der Waals surface area contributed by atoms with Gasteiger partial charge in [-0.2, -0.15) is 0 Å². The number of benzene rings is 1. The summed E-state index contributed by atoms with van der Waals surface area (Å²) in [4.78, 5) is 48.3. The van der Waals surface area contributed by atoms with Crippen LogP contribution in [-0.4, -0.2) is 59.5 Å². The Morgan fingerprint density at radius 3 is 2.21 bits per heavy atom. The van der Waals surface area contributed by atoms with E-state index in [0.717, 1.165) is 0 Å². The molecule has 1 aromatic heterocycles. The summed E-state index contributed by atoms with van der Waals surface area (Å²) in [6.07, 6.45) is -7.35. The van der Waals surface area contributed by atoms with Gasteiger partial charge in [-0.1, -0.05) is 29.8 Å². The van der Waals surface area contributed by atoms with Crippen molar-refractivity contribution in [2.45, 2.75) is 58.2 Å². The third kappa shape index (κ3) is 5.63. The Kier molecular flexibility index (Phi) is 6.00. The highest BCUT2D eigenvalue weighted by Gasteiger charge is 2.53. The first kappa shape index (κ1) is 19.4. The summed E-state index contributed by atoms with van der Waals surface area (Å²) < 4.78 is 57.9. The minimum atomic E-state index is -1.60. The first-order valence-corrected chi connectivity index (χ1v) is 9.93. The van der Waals surface area contributed by atoms with Crippen molar-refractivity contribution < 1.29 is 48.3 Å². The molecule has 0 saturated carbocycles. The molecule has 3 rings (SSSR count). The molecule has 1 unspecified atom stereocenters. The van der Waals surface area contributed by atoms with E-state index in [1.807, 2.05) is 0 Å². The van der Waals surface area contributed by atoms with Crippen LogP contribution >= 0.6 is 11.6 Å². The SMILES string of the molecule is [2H]CC(=O)OC[C@H]1OC(n2c(Cl)cc3ccccc32)[C@H](OC(=O)C[2H])[C@@H](OC(=O)C[2H])[C@@H]1OC(=O)C[2H]. The molecule has 33 heavy (non-hydrogen) atoms. The molecule has 0 spiro atoms. The number of halogens is 1. The van der Waals surface area contributed by atoms with Crippen molar-refractivity contribution in [3.63, 3.8) is 0 Å². The lowest BCUT2D eigenvalue weighted by molar-refractivity contribution is -0.267. The van der Waals surface area contributed by atoms with Crippen LogP contribution in [0.4, 0.5) is 0 Å². The van der Waals surface area contributed by atoms with Gasteiger partial charge < -0.3 is 28.3 Å². The summed E-state index contributed by atoms with van der Waals surface area (Å²) in [6.45, 7) is -3.71. The Bertz CT molecular complexity index is 1150. The minimum Gasteiger partial charge on any atom is -0.463 e. The molecule has 0 aliphatic carbocycles. The number of rotatable bonds is 6. The van der Waals surface area contributed by atoms with Gasteiger partial charge in [0.1, 0.15) is 17.9 Å². The van der Waals surface area contributed by atoms with Crippen molar-refractivity contribution in [2.75, 3.05) is 6.61 Å². The Morgan fingerprint density at radius 1 is 0.939 bits per heavy atom. The number of carbonyl (C=O) groups excluding carboxylic acids is 4. The Balaban J connectivity index is 2.16. The molecule has 1 fully saturated rings. The normalized spacial score (nSPS) is 26.3. The van der Waals surface area contributed by atoms with E-state index in [0.29, 0.717) is 10.9 Å². The molecule has 2 heterocycles. The predicted molar refractivity (Wildman–Crippen MR) is 114 cm³/mol. The number of para-hydroxylation sites is 1. The van der Waals surface area contributed by atoms with E-state index in [2.05, 4.69) is 0 Å². The van der Waals surface area contributed by atoms with Crippen LogP contribution in [0.15, 0.2) is 30.3 Å². The van der Waals surface area contributed by atoms with Crippen LogP contribution in [0.2, 0.25) is 5.15 Å². The molecule has 5 atom stereocenters. The van der Waals surface area contributed by atoms with E-state index in [1.165, 1.54) is 4.57 Å². The van der Waals surface area contributed by atoms with E-state index in [4.69, 9.17) is 40.8 Å². The Hall–Kier alpha value is -3.11. The average molecular weight is 486 g/mol. The van der Waals surface area contributed by atoms with Gasteiger partial charge in [0.15, 0.2) is 24.5 Å². The Morgan fingerprint density at radius 2 is 1.55 bits per heavy atom. The van der Waals surface area contributed by atoms with Gasteiger partial charge in [-0.3, -0.25) is 19.2 Å². The lowest BCUT2D eigenvalue weighted by Crippen LogP contribution is -2.60. The predicted octanol–water partition coefficient (Wildman–Crippen LogP) is 2.55. The highest BCUT2D eigenvalue weighted by atomic mass is 35.5. The van der Waals surface area contributed by atoms with Crippen LogP contribution in [-0.2, 0) is 42.9 Å².